The van der Waals surface area contributed by atoms with Crippen LogP contribution in [0.4, 0.5) is 0 Å². The van der Waals surface area contributed by atoms with E-state index in [9.17, 15) is 0 Å². The first-order valence-corrected chi connectivity index (χ1v) is 5.81. The fraction of sp³-hybridized carbons (Fsp3) is 0. The van der Waals surface area contributed by atoms with Gasteiger partial charge in [-0.15, -0.1) is 0 Å². The van der Waals surface area contributed by atoms with Gasteiger partial charge in [0.2, 0.25) is 0 Å². The van der Waals surface area contributed by atoms with E-state index in [1.807, 2.05) is 0 Å². The summed E-state index contributed by atoms with van der Waals surface area (Å²) in [5.41, 5.74) is 0. The Morgan fingerprint density at radius 3 is 1.25 bits per heavy atom. The predicted molar refractivity (Wildman–Crippen MR) is 23.3 cm³/mol. The summed E-state index contributed by atoms with van der Waals surface area (Å²) in [6.07, 6.45) is 0. The molecule has 0 N–H and O–H groups in total. The Balaban J connectivity index is -0.00000000500. The molecule has 1 radical (unpaired) electrons. The minimum atomic E-state index is 0. The van der Waals surface area contributed by atoms with Crippen molar-refractivity contribution in [3.8, 4) is 0 Å². The van der Waals surface area contributed by atoms with Crippen LogP contribution in [-0.2, 0) is 17.1 Å². The zero-order valence-corrected chi connectivity index (χ0v) is 9.81. The third kappa shape index (κ3) is 8.92. The molecular formula is H3CuInSSe. The Morgan fingerprint density at radius 2 is 1.25 bits per heavy atom. The van der Waals surface area contributed by atoms with E-state index in [1.165, 1.54) is 0 Å². The Morgan fingerprint density at radius 1 is 1.25 bits per heavy atom. The molecule has 0 bridgehead atoms. The van der Waals surface area contributed by atoms with Crippen LogP contribution in [0, 0.1) is 0 Å². The standard InChI is InChI=1S/Cu.In.S.H2Se.H/h;;;1H2;. The average Bonchev–Trinajstić information content (AvgIpc) is 1.00. The van der Waals surface area contributed by atoms with E-state index in [2.05, 4.69) is 8.92 Å². The van der Waals surface area contributed by atoms with E-state index in [4.69, 9.17) is 0 Å². The first-order valence-electron chi connectivity index (χ1n) is 0.289. The van der Waals surface area contributed by atoms with Crippen LogP contribution in [0.2, 0.25) is 0 Å². The van der Waals surface area contributed by atoms with E-state index < -0.39 is 0 Å². The Labute approximate surface area is 64.6 Å². The number of hydrogen-bond acceptors (Lipinski definition) is 1. The van der Waals surface area contributed by atoms with Gasteiger partial charge in [0.05, 0.1) is 0 Å². The molecular weight excluding hydrogens is 289 g/mol. The zero-order valence-electron chi connectivity index (χ0n) is 1.92. The average molecular weight is 292 g/mol. The summed E-state index contributed by atoms with van der Waals surface area (Å²) in [4.78, 5) is 0. The summed E-state index contributed by atoms with van der Waals surface area (Å²) in [6, 6.07) is 0. The second-order valence-corrected chi connectivity index (χ2v) is 0. The zero-order chi connectivity index (χ0) is 2.00. The molecule has 0 aromatic heterocycles. The molecule has 0 spiro atoms. The molecule has 0 saturated carbocycles. The van der Waals surface area contributed by atoms with E-state index in [0.29, 0.717) is 0 Å². The van der Waals surface area contributed by atoms with Gasteiger partial charge in [-0.1, -0.05) is 0 Å². The molecule has 4 heteroatoms. The van der Waals surface area contributed by atoms with Crippen LogP contribution < -0.4 is 0 Å². The molecule has 0 amide bonds. The molecule has 0 aliphatic rings. The van der Waals surface area contributed by atoms with Gasteiger partial charge in [0.1, 0.15) is 0 Å². The first-order chi connectivity index (χ1) is 1.00. The molecule has 0 atom stereocenters. The number of hydrogen-bond donors (Lipinski definition) is 0. The molecule has 4 heavy (non-hydrogen) atoms. The van der Waals surface area contributed by atoms with Gasteiger partial charge < -0.3 is 0 Å². The van der Waals surface area contributed by atoms with Crippen LogP contribution in [0.1, 0.15) is 0 Å². The van der Waals surface area contributed by atoms with Crippen molar-refractivity contribution in [3.05, 3.63) is 0 Å². The minimum absolute atomic E-state index is 0. The third-order valence-electron chi connectivity index (χ3n) is 0. The van der Waals surface area contributed by atoms with Crippen molar-refractivity contribution in [3.63, 3.8) is 0 Å². The molecule has 0 aromatic rings. The van der Waals surface area contributed by atoms with Gasteiger partial charge in [0.15, 0.2) is 0 Å². The van der Waals surface area contributed by atoms with E-state index in [-0.39, 0.29) is 34.1 Å². The molecule has 0 aromatic carbocycles. The molecule has 0 saturated heterocycles. The fourth-order valence-electron chi connectivity index (χ4n) is 0. The molecule has 0 unspecified atom stereocenters. The molecule has 0 aliphatic heterocycles. The molecule has 0 aliphatic carbocycles. The molecule has 0 heterocycles. The van der Waals surface area contributed by atoms with E-state index in [0.717, 1.165) is 22.4 Å². The maximum atomic E-state index is 4.25. The summed E-state index contributed by atoms with van der Waals surface area (Å²) in [5, 5.41) is 0. The van der Waals surface area contributed by atoms with Gasteiger partial charge in [0.25, 0.3) is 0 Å². The van der Waals surface area contributed by atoms with E-state index in [1.54, 1.807) is 0 Å². The van der Waals surface area contributed by atoms with Crippen LogP contribution in [0.3, 0.4) is 0 Å². The second-order valence-electron chi connectivity index (χ2n) is 0. The van der Waals surface area contributed by atoms with Crippen molar-refractivity contribution in [1.82, 2.24) is 0 Å². The van der Waals surface area contributed by atoms with Gasteiger partial charge in [-0.2, -0.15) is 0 Å². The van der Waals surface area contributed by atoms with Crippen LogP contribution in [0.5, 0.6) is 0 Å². The number of rotatable bonds is 0. The second kappa shape index (κ2) is 19.3. The van der Waals surface area contributed by atoms with Crippen molar-refractivity contribution in [1.29, 1.82) is 0 Å². The fourth-order valence-corrected chi connectivity index (χ4v) is 0. The molecule has 0 nitrogen and oxygen atoms in total. The maximum absolute atomic E-state index is 4.25. The summed E-state index contributed by atoms with van der Waals surface area (Å²) in [6.45, 7) is 0. The Hall–Kier alpha value is 2.13. The SMILES string of the molecule is [Cu].[S]=[InH].[SeH2]. The molecule has 0 fully saturated rings. The van der Waals surface area contributed by atoms with Crippen LogP contribution in [0.15, 0.2) is 0 Å². The molecule has 0 rings (SSSR count). The van der Waals surface area contributed by atoms with E-state index >= 15 is 0 Å². The summed E-state index contributed by atoms with van der Waals surface area (Å²) in [5.74, 6) is 0. The van der Waals surface area contributed by atoms with Gasteiger partial charge in [0, 0.05) is 17.1 Å². The van der Waals surface area contributed by atoms with Crippen LogP contribution >= 0.6 is 8.92 Å². The van der Waals surface area contributed by atoms with Crippen LogP contribution in [0.25, 0.3) is 0 Å². The topological polar surface area (TPSA) is 0 Å². The Kier molecular flexibility index (Phi) is 79.4. The van der Waals surface area contributed by atoms with Crippen molar-refractivity contribution < 1.29 is 17.1 Å². The van der Waals surface area contributed by atoms with Gasteiger partial charge in [-0.3, -0.25) is 0 Å². The predicted octanol–water partition coefficient (Wildman–Crippen LogP) is -0.919. The third-order valence-corrected chi connectivity index (χ3v) is 0. The summed E-state index contributed by atoms with van der Waals surface area (Å²) < 4.78 is 0. The van der Waals surface area contributed by atoms with Gasteiger partial charge in [-0.05, 0) is 0 Å². The van der Waals surface area contributed by atoms with Crippen molar-refractivity contribution in [2.75, 3.05) is 0 Å². The normalized spacial score (nSPS) is 0.750. The van der Waals surface area contributed by atoms with Gasteiger partial charge >= 0.3 is 48.3 Å². The van der Waals surface area contributed by atoms with Crippen LogP contribution in [-0.4, -0.2) is 39.4 Å². The van der Waals surface area contributed by atoms with Crippen molar-refractivity contribution in [2.24, 2.45) is 0 Å². The quantitative estimate of drug-likeness (QED) is 0.521. The van der Waals surface area contributed by atoms with Crippen molar-refractivity contribution >= 4 is 48.3 Å². The molecule has 29 valence electrons. The Bertz CT molecular complexity index is 8.00. The summed E-state index contributed by atoms with van der Waals surface area (Å²) in [7, 11) is 4.25. The van der Waals surface area contributed by atoms with Gasteiger partial charge in [-0.25, -0.2) is 0 Å². The van der Waals surface area contributed by atoms with Crippen molar-refractivity contribution in [2.45, 2.75) is 0 Å². The first kappa shape index (κ1) is 16.5. The summed E-state index contributed by atoms with van der Waals surface area (Å²) >= 11 is 0.733. The monoisotopic (exact) mass is 293 g/mol.